The molecular weight excluding hydrogens is 732 g/mol. The lowest BCUT2D eigenvalue weighted by atomic mass is 9.33. The number of hydrogen-bond donors (Lipinski definition) is 9. The molecule has 4 saturated carbocycles. The first-order valence-electron chi connectivity index (χ1n) is 20.5. The molecule has 15 nitrogen and oxygen atoms in total. The summed E-state index contributed by atoms with van der Waals surface area (Å²) in [5, 5.41) is 93.8. The molecule has 19 atom stereocenters. The van der Waals surface area contributed by atoms with Gasteiger partial charge in [0.15, 0.2) is 12.4 Å². The van der Waals surface area contributed by atoms with Crippen molar-refractivity contribution in [3.05, 3.63) is 11.6 Å². The SMILES string of the molecule is CC1(C)[C@@H](O[C@@H]2O[C@H](C(=O)O)[C@@H](O)[C@H](O)[C@H]2O)CC[C@]2(C)[C@H]3CC=C4[C@@H]5C[C@@](C)(O)CC[C@]5(C(=O)O[C@@H]5O[C@H](CO)[C@@H](O)[C@H](O)[C@H]5O)CC[C@@]4(C)[C@]3(C)CC[C@@H]12. The van der Waals surface area contributed by atoms with E-state index in [1.807, 2.05) is 0 Å². The van der Waals surface area contributed by atoms with Crippen molar-refractivity contribution in [3.8, 4) is 0 Å². The zero-order chi connectivity index (χ0) is 41.1. The summed E-state index contributed by atoms with van der Waals surface area (Å²) in [4.78, 5) is 26.3. The number of ether oxygens (including phenoxy) is 4. The number of carboxylic acids is 1. The molecule has 5 aliphatic carbocycles. The van der Waals surface area contributed by atoms with Gasteiger partial charge in [0.2, 0.25) is 6.29 Å². The third-order valence-electron chi connectivity index (χ3n) is 16.9. The van der Waals surface area contributed by atoms with Crippen molar-refractivity contribution in [3.63, 3.8) is 0 Å². The van der Waals surface area contributed by atoms with Crippen LogP contribution < -0.4 is 0 Å². The van der Waals surface area contributed by atoms with Crippen molar-refractivity contribution < 1.29 is 74.5 Å². The molecule has 318 valence electrons. The molecule has 0 aromatic rings. The second-order valence-electron chi connectivity index (χ2n) is 20.0. The lowest BCUT2D eigenvalue weighted by molar-refractivity contribution is -0.324. The van der Waals surface area contributed by atoms with Crippen LogP contribution in [0.25, 0.3) is 0 Å². The van der Waals surface area contributed by atoms with Gasteiger partial charge in [-0.2, -0.15) is 0 Å². The minimum absolute atomic E-state index is 0.151. The Labute approximate surface area is 328 Å². The zero-order valence-corrected chi connectivity index (χ0v) is 33.4. The largest absolute Gasteiger partial charge is 0.479 e. The molecule has 0 aromatic carbocycles. The maximum Gasteiger partial charge on any atom is 0.335 e. The average Bonchev–Trinajstić information content (AvgIpc) is 3.12. The number of rotatable bonds is 6. The van der Waals surface area contributed by atoms with Crippen molar-refractivity contribution >= 4 is 11.9 Å². The number of carboxylic acid groups (broad SMARTS) is 1. The van der Waals surface area contributed by atoms with Crippen LogP contribution in [0.1, 0.15) is 106 Å². The number of hydrogen-bond acceptors (Lipinski definition) is 14. The van der Waals surface area contributed by atoms with Crippen LogP contribution in [0.15, 0.2) is 11.6 Å². The number of carbonyl (C=O) groups is 2. The molecule has 2 heterocycles. The highest BCUT2D eigenvalue weighted by molar-refractivity contribution is 5.79. The summed E-state index contributed by atoms with van der Waals surface area (Å²) in [5.41, 5.74) is -2.04. The van der Waals surface area contributed by atoms with E-state index in [1.54, 1.807) is 6.92 Å². The predicted molar refractivity (Wildman–Crippen MR) is 195 cm³/mol. The Bertz CT molecular complexity index is 1560. The molecule has 0 radical (unpaired) electrons. The van der Waals surface area contributed by atoms with Gasteiger partial charge in [-0.15, -0.1) is 0 Å². The van der Waals surface area contributed by atoms with E-state index >= 15 is 0 Å². The van der Waals surface area contributed by atoms with E-state index in [4.69, 9.17) is 18.9 Å². The molecule has 9 N–H and O–H groups in total. The highest BCUT2D eigenvalue weighted by Crippen LogP contribution is 2.75. The number of aliphatic hydroxyl groups is 8. The molecule has 0 bridgehead atoms. The second-order valence-corrected chi connectivity index (χ2v) is 20.0. The number of fused-ring (bicyclic) bond motifs is 7. The van der Waals surface area contributed by atoms with Crippen molar-refractivity contribution in [1.82, 2.24) is 0 Å². The molecule has 0 spiro atoms. The van der Waals surface area contributed by atoms with Gasteiger partial charge in [-0.1, -0.05) is 46.3 Å². The molecular formula is C41H64O15. The van der Waals surface area contributed by atoms with E-state index in [1.165, 1.54) is 0 Å². The maximum atomic E-state index is 14.5. The minimum atomic E-state index is -1.80. The normalized spacial score (nSPS) is 54.0. The number of esters is 1. The van der Waals surface area contributed by atoms with Crippen molar-refractivity contribution in [2.75, 3.05) is 6.61 Å². The quantitative estimate of drug-likeness (QED) is 0.104. The molecule has 0 aromatic heterocycles. The predicted octanol–water partition coefficient (Wildman–Crippen LogP) is 1.13. The maximum absolute atomic E-state index is 14.5. The van der Waals surface area contributed by atoms with Crippen LogP contribution in [-0.2, 0) is 28.5 Å². The summed E-state index contributed by atoms with van der Waals surface area (Å²) in [7, 11) is 0. The van der Waals surface area contributed by atoms with E-state index in [0.717, 1.165) is 31.3 Å². The Balaban J connectivity index is 1.16. The van der Waals surface area contributed by atoms with E-state index < -0.39 is 102 Å². The molecule has 0 amide bonds. The fraction of sp³-hybridized carbons (Fsp3) is 0.902. The van der Waals surface area contributed by atoms with E-state index in [0.29, 0.717) is 38.5 Å². The summed E-state index contributed by atoms with van der Waals surface area (Å²) in [6, 6.07) is 0. The number of aliphatic hydroxyl groups excluding tert-OH is 7. The minimum Gasteiger partial charge on any atom is -0.479 e. The summed E-state index contributed by atoms with van der Waals surface area (Å²) in [5.74, 6) is -2.00. The number of carbonyl (C=O) groups excluding carboxylic acids is 1. The van der Waals surface area contributed by atoms with Gasteiger partial charge in [-0.3, -0.25) is 4.79 Å². The van der Waals surface area contributed by atoms with Gasteiger partial charge >= 0.3 is 11.9 Å². The van der Waals surface area contributed by atoms with Crippen molar-refractivity contribution in [1.29, 1.82) is 0 Å². The number of allylic oxidation sites excluding steroid dienone is 2. The molecule has 7 rings (SSSR count). The van der Waals surface area contributed by atoms with Gasteiger partial charge in [0, 0.05) is 0 Å². The van der Waals surface area contributed by atoms with Gasteiger partial charge in [0.25, 0.3) is 0 Å². The first-order chi connectivity index (χ1) is 26.0. The average molecular weight is 797 g/mol. The summed E-state index contributed by atoms with van der Waals surface area (Å²) < 4.78 is 23.4. The molecule has 6 fully saturated rings. The van der Waals surface area contributed by atoms with Crippen LogP contribution in [-0.4, -0.2) is 138 Å². The molecule has 15 heteroatoms. The number of aliphatic carboxylic acids is 1. The Hall–Kier alpha value is -1.76. The zero-order valence-electron chi connectivity index (χ0n) is 33.4. The van der Waals surface area contributed by atoms with Crippen LogP contribution in [0.3, 0.4) is 0 Å². The van der Waals surface area contributed by atoms with Gasteiger partial charge in [0.1, 0.15) is 42.7 Å². The highest BCUT2D eigenvalue weighted by Gasteiger charge is 2.70. The molecule has 7 aliphatic rings. The third kappa shape index (κ3) is 6.16. The van der Waals surface area contributed by atoms with Crippen molar-refractivity contribution in [2.45, 2.75) is 179 Å². The van der Waals surface area contributed by atoms with Gasteiger partial charge < -0.3 is 64.9 Å². The standard InChI is InChI=1S/C41H64O15/c1-36(2)22-9-12-40(6)23(38(22,4)11-10-24(36)54-34-30(48)27(45)28(46)31(55-34)32(49)50)8-7-19-20-17-37(3,52)13-15-41(20,16-14-39(19,40)5)35(51)56-33-29(47)26(44)25(43)21(18-42)53-33/h7,20-31,33-34,42-48,52H,8-18H2,1-6H3,(H,49,50)/t20-,21+,22-,23+,24-,25+,26-,27-,28-,29+,30+,31-,33-,34+,37-,38-,39+,40+,41-/m0/s1. The summed E-state index contributed by atoms with van der Waals surface area (Å²) in [6.45, 7) is 12.5. The van der Waals surface area contributed by atoms with Crippen LogP contribution >= 0.6 is 0 Å². The summed E-state index contributed by atoms with van der Waals surface area (Å²) >= 11 is 0. The van der Waals surface area contributed by atoms with Crippen LogP contribution in [0.2, 0.25) is 0 Å². The molecule has 56 heavy (non-hydrogen) atoms. The first kappa shape index (κ1) is 42.4. The van der Waals surface area contributed by atoms with Crippen molar-refractivity contribution in [2.24, 2.45) is 44.8 Å². The van der Waals surface area contributed by atoms with Gasteiger partial charge in [0.05, 0.1) is 23.7 Å². The fourth-order valence-electron chi connectivity index (χ4n) is 13.4. The third-order valence-corrected chi connectivity index (χ3v) is 16.9. The van der Waals surface area contributed by atoms with E-state index in [2.05, 4.69) is 40.7 Å². The lowest BCUT2D eigenvalue weighted by Gasteiger charge is -2.71. The van der Waals surface area contributed by atoms with E-state index in [-0.39, 0.29) is 34.0 Å². The second kappa shape index (κ2) is 14.2. The molecule has 2 saturated heterocycles. The fourth-order valence-corrected chi connectivity index (χ4v) is 13.4. The Kier molecular flexibility index (Phi) is 10.7. The Morgan fingerprint density at radius 2 is 1.41 bits per heavy atom. The lowest BCUT2D eigenvalue weighted by Crippen LogP contribution is -2.66. The Morgan fingerprint density at radius 1 is 0.768 bits per heavy atom. The monoisotopic (exact) mass is 796 g/mol. The van der Waals surface area contributed by atoms with Crippen LogP contribution in [0.4, 0.5) is 0 Å². The van der Waals surface area contributed by atoms with E-state index in [9.17, 15) is 55.5 Å². The van der Waals surface area contributed by atoms with Gasteiger partial charge in [-0.25, -0.2) is 4.79 Å². The highest BCUT2D eigenvalue weighted by atomic mass is 16.7. The first-order valence-corrected chi connectivity index (χ1v) is 20.5. The smallest absolute Gasteiger partial charge is 0.335 e. The topological polar surface area (TPSA) is 253 Å². The van der Waals surface area contributed by atoms with Crippen LogP contribution in [0, 0.1) is 44.8 Å². The molecule has 2 aliphatic heterocycles. The summed E-state index contributed by atoms with van der Waals surface area (Å²) in [6.07, 6.45) is -8.19. The molecule has 0 unspecified atom stereocenters. The Morgan fingerprint density at radius 3 is 2.07 bits per heavy atom. The van der Waals surface area contributed by atoms with Crippen LogP contribution in [0.5, 0.6) is 0 Å². The van der Waals surface area contributed by atoms with Gasteiger partial charge in [-0.05, 0) is 111 Å².